The lowest BCUT2D eigenvalue weighted by Gasteiger charge is -2.47. The molecule has 5 saturated heterocycles. The number of esters is 2. The third kappa shape index (κ3) is 10.1. The van der Waals surface area contributed by atoms with Crippen molar-refractivity contribution in [2.24, 2.45) is 0 Å². The Morgan fingerprint density at radius 1 is 0.574 bits per heavy atom. The first-order valence-corrected chi connectivity index (χ1v) is 18.7. The van der Waals surface area contributed by atoms with Gasteiger partial charge < -0.3 is 76.5 Å². The third-order valence-electron chi connectivity index (χ3n) is 10.9. The van der Waals surface area contributed by atoms with Crippen LogP contribution in [0.25, 0.3) is 0 Å². The predicted molar refractivity (Wildman–Crippen MR) is 182 cm³/mol. The van der Waals surface area contributed by atoms with Crippen LogP contribution in [0.1, 0.15) is 67.2 Å². The van der Waals surface area contributed by atoms with Gasteiger partial charge in [-0.15, -0.1) is 0 Å². The quantitative estimate of drug-likeness (QED) is 0.247. The Morgan fingerprint density at radius 2 is 1.06 bits per heavy atom. The van der Waals surface area contributed by atoms with E-state index in [1.165, 1.54) is 28.3 Å². The maximum absolute atomic E-state index is 11.9. The molecule has 0 bridgehead atoms. The third-order valence-corrected chi connectivity index (χ3v) is 10.9. The summed E-state index contributed by atoms with van der Waals surface area (Å²) in [5, 5.41) is 21.9. The molecular formula is C36H60O18. The summed E-state index contributed by atoms with van der Waals surface area (Å²) < 4.78 is 83.3. The maximum atomic E-state index is 11.9. The Kier molecular flexibility index (Phi) is 15.5. The number of cyclic esters (lactones) is 1. The Labute approximate surface area is 316 Å². The van der Waals surface area contributed by atoms with Gasteiger partial charge in [0.05, 0.1) is 55.3 Å². The van der Waals surface area contributed by atoms with Gasteiger partial charge in [-0.1, -0.05) is 0 Å². The van der Waals surface area contributed by atoms with Crippen molar-refractivity contribution in [1.29, 1.82) is 0 Å². The first kappa shape index (κ1) is 43.5. The van der Waals surface area contributed by atoms with Crippen molar-refractivity contribution in [3.05, 3.63) is 0 Å². The van der Waals surface area contributed by atoms with Crippen LogP contribution in [0.2, 0.25) is 0 Å². The summed E-state index contributed by atoms with van der Waals surface area (Å²) in [5.74, 6) is -0.924. The Bertz CT molecular complexity index is 1200. The van der Waals surface area contributed by atoms with Crippen LogP contribution in [0.3, 0.4) is 0 Å². The molecule has 0 aromatic heterocycles. The smallest absolute Gasteiger partial charge is 0.308 e. The molecule has 5 heterocycles. The number of hydrogen-bond donors (Lipinski definition) is 2. The molecule has 5 fully saturated rings. The molecule has 0 saturated carbocycles. The summed E-state index contributed by atoms with van der Waals surface area (Å²) in [7, 11) is 6.06. The molecule has 5 rings (SSSR count). The molecule has 18 nitrogen and oxygen atoms in total. The van der Waals surface area contributed by atoms with Gasteiger partial charge >= 0.3 is 11.9 Å². The Morgan fingerprint density at radius 3 is 1.56 bits per heavy atom. The summed E-state index contributed by atoms with van der Waals surface area (Å²) >= 11 is 0. The van der Waals surface area contributed by atoms with Gasteiger partial charge in [0.25, 0.3) is 0 Å². The van der Waals surface area contributed by atoms with E-state index in [1.807, 2.05) is 6.92 Å². The molecule has 5 aliphatic rings. The zero-order chi connectivity index (χ0) is 39.4. The number of aliphatic hydroxyl groups excluding tert-OH is 2. The minimum Gasteiger partial charge on any atom is -0.460 e. The van der Waals surface area contributed by atoms with E-state index >= 15 is 0 Å². The number of rotatable bonds is 13. The van der Waals surface area contributed by atoms with Gasteiger partial charge in [0, 0.05) is 54.6 Å². The largest absolute Gasteiger partial charge is 0.460 e. The fraction of sp³-hybridized carbons (Fsp3) is 0.944. The first-order chi connectivity index (χ1) is 25.7. The molecule has 54 heavy (non-hydrogen) atoms. The number of aliphatic hydroxyl groups is 2. The summed E-state index contributed by atoms with van der Waals surface area (Å²) in [4.78, 5) is 23.8. The van der Waals surface area contributed by atoms with Crippen molar-refractivity contribution in [1.82, 2.24) is 0 Å². The summed E-state index contributed by atoms with van der Waals surface area (Å²) in [5.41, 5.74) is 0. The number of ether oxygens (including phenoxy) is 14. The van der Waals surface area contributed by atoms with Gasteiger partial charge in [-0.3, -0.25) is 9.59 Å². The van der Waals surface area contributed by atoms with Crippen molar-refractivity contribution in [3.63, 3.8) is 0 Å². The number of methoxy groups -OCH3 is 4. The van der Waals surface area contributed by atoms with E-state index in [2.05, 4.69) is 0 Å². The van der Waals surface area contributed by atoms with Crippen LogP contribution in [0, 0.1) is 0 Å². The molecule has 0 spiro atoms. The highest BCUT2D eigenvalue weighted by molar-refractivity contribution is 5.71. The van der Waals surface area contributed by atoms with Gasteiger partial charge in [-0.2, -0.15) is 0 Å². The van der Waals surface area contributed by atoms with E-state index in [4.69, 9.17) is 66.3 Å². The molecule has 0 unspecified atom stereocenters. The Hall–Kier alpha value is -1.62. The lowest BCUT2D eigenvalue weighted by molar-refractivity contribution is -0.356. The van der Waals surface area contributed by atoms with Crippen LogP contribution in [0.15, 0.2) is 0 Å². The molecule has 2 N–H and O–H groups in total. The van der Waals surface area contributed by atoms with Crippen molar-refractivity contribution in [3.8, 4) is 0 Å². The summed E-state index contributed by atoms with van der Waals surface area (Å²) in [6, 6.07) is 0. The monoisotopic (exact) mass is 780 g/mol. The van der Waals surface area contributed by atoms with Crippen LogP contribution in [0.4, 0.5) is 0 Å². The molecule has 0 radical (unpaired) electrons. The van der Waals surface area contributed by atoms with Crippen LogP contribution in [0.5, 0.6) is 0 Å². The molecule has 0 aliphatic carbocycles. The zero-order valence-corrected chi connectivity index (χ0v) is 32.8. The highest BCUT2D eigenvalue weighted by Gasteiger charge is 2.51. The fourth-order valence-corrected chi connectivity index (χ4v) is 8.02. The molecule has 312 valence electrons. The second-order valence-electron chi connectivity index (χ2n) is 14.7. The SMILES string of the molecule is CO[C@@H]1[C@H](O)[C@H](C)O[C@H](O[C@H]2[C@H](C)O[C@H](O[C@H]3[C@H](C)O[C@H](O[C@H]4[C@H](C)O[C@H](O[C@H]5[C@H](C)OC(=O)C[C@@H]5OC)C[C@H]4OC)C[C@@H]3O)C[C@H]2OC)[C@H]1OC(C)=O. The van der Waals surface area contributed by atoms with Gasteiger partial charge in [-0.25, -0.2) is 0 Å². The van der Waals surface area contributed by atoms with Crippen molar-refractivity contribution < 1.29 is 86.1 Å². The minimum absolute atomic E-state index is 0.0853. The van der Waals surface area contributed by atoms with E-state index in [-0.39, 0.29) is 25.2 Å². The fourth-order valence-electron chi connectivity index (χ4n) is 8.02. The lowest BCUT2D eigenvalue weighted by atomic mass is 9.97. The molecule has 18 heteroatoms. The van der Waals surface area contributed by atoms with Gasteiger partial charge in [0.15, 0.2) is 31.3 Å². The van der Waals surface area contributed by atoms with Crippen LogP contribution in [-0.4, -0.2) is 173 Å². The molecule has 0 amide bonds. The lowest BCUT2D eigenvalue weighted by Crippen LogP contribution is -2.62. The molecular weight excluding hydrogens is 720 g/mol. The van der Waals surface area contributed by atoms with Crippen molar-refractivity contribution >= 4 is 11.9 Å². The van der Waals surface area contributed by atoms with E-state index < -0.39 is 129 Å². The average molecular weight is 781 g/mol. The van der Waals surface area contributed by atoms with Crippen LogP contribution >= 0.6 is 0 Å². The maximum Gasteiger partial charge on any atom is 0.308 e. The van der Waals surface area contributed by atoms with Gasteiger partial charge in [-0.05, 0) is 34.6 Å². The van der Waals surface area contributed by atoms with Gasteiger partial charge in [0.2, 0.25) is 0 Å². The van der Waals surface area contributed by atoms with Crippen molar-refractivity contribution in [2.45, 2.75) is 190 Å². The highest BCUT2D eigenvalue weighted by atomic mass is 16.8. The first-order valence-electron chi connectivity index (χ1n) is 18.7. The Balaban J connectivity index is 1.15. The molecule has 5 aliphatic heterocycles. The minimum atomic E-state index is -1.08. The number of hydrogen-bond acceptors (Lipinski definition) is 18. The molecule has 0 aromatic carbocycles. The molecule has 0 aromatic rings. The average Bonchev–Trinajstić information content (AvgIpc) is 3.11. The highest BCUT2D eigenvalue weighted by Crippen LogP contribution is 2.36. The van der Waals surface area contributed by atoms with Crippen LogP contribution in [-0.2, 0) is 75.9 Å². The predicted octanol–water partition coefficient (Wildman–Crippen LogP) is 0.726. The van der Waals surface area contributed by atoms with E-state index in [9.17, 15) is 19.8 Å². The topological polar surface area (TPSA) is 204 Å². The number of carbonyl (C=O) groups is 2. The second kappa shape index (κ2) is 19.2. The zero-order valence-electron chi connectivity index (χ0n) is 32.8. The number of carbonyl (C=O) groups excluding carboxylic acids is 2. The van der Waals surface area contributed by atoms with Crippen LogP contribution < -0.4 is 0 Å². The normalized spacial score (nSPS) is 47.5. The van der Waals surface area contributed by atoms with E-state index in [0.717, 1.165) is 0 Å². The standard InChI is InChI=1S/C36H60O18/c1-15-29(40)34(44-10)35(50-20(6)37)36(49-15)54-33-19(5)48-27(14-24(33)43-9)51-30-16(2)46-26(11-21(30)38)52-32-18(4)47-28(13-23(32)42-8)53-31-17(3)45-25(39)12-22(31)41-7/h15-19,21-24,26-36,38,40H,11-14H2,1-10H3/t15-,16-,17-,18-,19-,21-,22-,23+,24+,26+,27+,28+,29+,30-,31-,32-,33-,34+,35-,36+/m0/s1. The second-order valence-corrected chi connectivity index (χ2v) is 14.7. The summed E-state index contributed by atoms with van der Waals surface area (Å²) in [6.45, 7) is 10.1. The summed E-state index contributed by atoms with van der Waals surface area (Å²) in [6.07, 6.45) is -13.3. The van der Waals surface area contributed by atoms with E-state index in [1.54, 1.807) is 34.8 Å². The molecule has 20 atom stereocenters. The van der Waals surface area contributed by atoms with Gasteiger partial charge in [0.1, 0.15) is 42.7 Å². The van der Waals surface area contributed by atoms with Crippen molar-refractivity contribution in [2.75, 3.05) is 28.4 Å². The van der Waals surface area contributed by atoms with E-state index in [0.29, 0.717) is 6.42 Å².